The third-order valence-corrected chi connectivity index (χ3v) is 7.31. The van der Waals surface area contributed by atoms with E-state index in [1.54, 1.807) is 0 Å². The Morgan fingerprint density at radius 1 is 1.07 bits per heavy atom. The molecular weight excluding hydrogens is 360 g/mol. The summed E-state index contributed by atoms with van der Waals surface area (Å²) in [5.41, 5.74) is 0.755. The first-order valence-electron chi connectivity index (χ1n) is 10.7. The minimum Gasteiger partial charge on any atom is -0.273 e. The maximum absolute atomic E-state index is 13.6. The van der Waals surface area contributed by atoms with Gasteiger partial charge in [-0.2, -0.15) is 0 Å². The number of fused-ring (bicyclic) bond motifs is 3. The van der Waals surface area contributed by atoms with Gasteiger partial charge in [-0.15, -0.1) is 0 Å². The summed E-state index contributed by atoms with van der Waals surface area (Å²) in [5.74, 6) is 0.889. The number of carbonyl (C=O) groups is 2. The Morgan fingerprint density at radius 2 is 1.79 bits per heavy atom. The van der Waals surface area contributed by atoms with Crippen LogP contribution in [0.25, 0.3) is 10.8 Å². The molecule has 2 aromatic rings. The number of hydrogen-bond acceptors (Lipinski definition) is 3. The van der Waals surface area contributed by atoms with Crippen molar-refractivity contribution < 1.29 is 9.59 Å². The fourth-order valence-electron chi connectivity index (χ4n) is 5.68. The zero-order chi connectivity index (χ0) is 20.3. The van der Waals surface area contributed by atoms with Gasteiger partial charge in [-0.1, -0.05) is 61.5 Å². The molecule has 2 bridgehead atoms. The van der Waals surface area contributed by atoms with Crippen molar-refractivity contribution in [2.45, 2.75) is 45.7 Å². The van der Waals surface area contributed by atoms with Crippen LogP contribution in [0.4, 0.5) is 0 Å². The van der Waals surface area contributed by atoms with Gasteiger partial charge in [0.25, 0.3) is 0 Å². The van der Waals surface area contributed by atoms with E-state index in [0.29, 0.717) is 24.8 Å². The van der Waals surface area contributed by atoms with Crippen molar-refractivity contribution in [3.63, 3.8) is 0 Å². The van der Waals surface area contributed by atoms with E-state index in [4.69, 9.17) is 0 Å². The molecule has 4 nitrogen and oxygen atoms in total. The second-order valence-corrected chi connectivity index (χ2v) is 9.56. The van der Waals surface area contributed by atoms with E-state index in [1.807, 2.05) is 17.1 Å². The molecule has 29 heavy (non-hydrogen) atoms. The van der Waals surface area contributed by atoms with Gasteiger partial charge in [0.2, 0.25) is 11.8 Å². The van der Waals surface area contributed by atoms with Crippen molar-refractivity contribution in [2.75, 3.05) is 0 Å². The highest BCUT2D eigenvalue weighted by Crippen LogP contribution is 2.49. The van der Waals surface area contributed by atoms with Gasteiger partial charge < -0.3 is 0 Å². The molecule has 0 spiro atoms. The summed E-state index contributed by atoms with van der Waals surface area (Å²) >= 11 is 0. The summed E-state index contributed by atoms with van der Waals surface area (Å²) in [6.07, 6.45) is 5.86. The van der Waals surface area contributed by atoms with Crippen LogP contribution in [0.1, 0.15) is 39.2 Å². The van der Waals surface area contributed by atoms with Gasteiger partial charge in [-0.25, -0.2) is 10.0 Å². The highest BCUT2D eigenvalue weighted by Gasteiger charge is 2.53. The predicted molar refractivity (Wildman–Crippen MR) is 113 cm³/mol. The van der Waals surface area contributed by atoms with Gasteiger partial charge in [-0.3, -0.25) is 9.59 Å². The van der Waals surface area contributed by atoms with Gasteiger partial charge in [0.05, 0.1) is 0 Å². The molecule has 0 N–H and O–H groups in total. The van der Waals surface area contributed by atoms with Gasteiger partial charge in [0.15, 0.2) is 0 Å². The Kier molecular flexibility index (Phi) is 4.18. The number of carbonyl (C=O) groups excluding carboxylic acids is 2. The first kappa shape index (κ1) is 18.6. The lowest BCUT2D eigenvalue weighted by Crippen LogP contribution is -2.52. The second-order valence-electron chi connectivity index (χ2n) is 9.56. The third kappa shape index (κ3) is 2.84. The van der Waals surface area contributed by atoms with Crippen molar-refractivity contribution in [3.05, 3.63) is 60.2 Å². The second kappa shape index (κ2) is 6.53. The first-order valence-corrected chi connectivity index (χ1v) is 10.7. The number of hydrazine groups is 1. The van der Waals surface area contributed by atoms with Crippen LogP contribution in [0, 0.1) is 23.7 Å². The predicted octanol–water partition coefficient (Wildman–Crippen LogP) is 4.55. The summed E-state index contributed by atoms with van der Waals surface area (Å²) < 4.78 is 0. The summed E-state index contributed by atoms with van der Waals surface area (Å²) in [6, 6.07) is 14.6. The minimum absolute atomic E-state index is 0.00911. The summed E-state index contributed by atoms with van der Waals surface area (Å²) in [6.45, 7) is 6.84. The molecule has 0 aromatic heterocycles. The van der Waals surface area contributed by atoms with Crippen molar-refractivity contribution in [1.29, 1.82) is 0 Å². The highest BCUT2D eigenvalue weighted by molar-refractivity contribution is 5.98. The van der Waals surface area contributed by atoms with E-state index in [0.717, 1.165) is 12.0 Å². The number of imide groups is 1. The van der Waals surface area contributed by atoms with Crippen molar-refractivity contribution in [2.24, 2.45) is 23.7 Å². The van der Waals surface area contributed by atoms with Gasteiger partial charge in [-0.05, 0) is 54.4 Å². The molecule has 4 heteroatoms. The molecule has 150 valence electrons. The third-order valence-electron chi connectivity index (χ3n) is 7.31. The lowest BCUT2D eigenvalue weighted by molar-refractivity contribution is -0.166. The summed E-state index contributed by atoms with van der Waals surface area (Å²) in [7, 11) is 0. The van der Waals surface area contributed by atoms with Gasteiger partial charge in [0.1, 0.15) is 0 Å². The van der Waals surface area contributed by atoms with E-state index in [1.165, 1.54) is 15.8 Å². The number of allylic oxidation sites excluding steroid dienone is 2. The monoisotopic (exact) mass is 388 g/mol. The van der Waals surface area contributed by atoms with E-state index >= 15 is 0 Å². The molecule has 2 aromatic carbocycles. The quantitative estimate of drug-likeness (QED) is 0.572. The number of benzene rings is 2. The van der Waals surface area contributed by atoms with Crippen LogP contribution in [0.15, 0.2) is 54.6 Å². The Labute approximate surface area is 172 Å². The lowest BCUT2D eigenvalue weighted by Gasteiger charge is -2.38. The molecule has 1 aliphatic heterocycles. The molecule has 4 atom stereocenters. The fourth-order valence-corrected chi connectivity index (χ4v) is 5.68. The number of hydrogen-bond donors (Lipinski definition) is 0. The number of nitrogens with zero attached hydrogens (tertiary/aromatic N) is 2. The molecule has 5 rings (SSSR count). The van der Waals surface area contributed by atoms with E-state index in [2.05, 4.69) is 63.3 Å². The maximum atomic E-state index is 13.6. The Hall–Kier alpha value is -2.46. The Bertz CT molecular complexity index is 1020. The van der Waals surface area contributed by atoms with Crippen molar-refractivity contribution in [3.8, 4) is 0 Å². The molecule has 1 heterocycles. The smallest absolute Gasteiger partial charge is 0.247 e. The SMILES string of the molecule is CC1[C@H]2C=C[C@H](C2)[C@H]1C(=O)N1C(=O)CC(C)(C)N1Cc1cccc2ccccc12. The van der Waals surface area contributed by atoms with Crippen molar-refractivity contribution in [1.82, 2.24) is 10.0 Å². The summed E-state index contributed by atoms with van der Waals surface area (Å²) in [4.78, 5) is 26.7. The van der Waals surface area contributed by atoms with E-state index in [9.17, 15) is 9.59 Å². The molecule has 2 amide bonds. The average molecular weight is 389 g/mol. The van der Waals surface area contributed by atoms with Gasteiger partial charge in [0, 0.05) is 24.4 Å². The van der Waals surface area contributed by atoms with Crippen LogP contribution in [0.2, 0.25) is 0 Å². The van der Waals surface area contributed by atoms with Crippen LogP contribution in [-0.2, 0) is 16.1 Å². The van der Waals surface area contributed by atoms with Crippen LogP contribution < -0.4 is 0 Å². The summed E-state index contributed by atoms with van der Waals surface area (Å²) in [5, 5.41) is 5.87. The lowest BCUT2D eigenvalue weighted by atomic mass is 9.83. The Balaban J connectivity index is 1.50. The molecule has 1 saturated carbocycles. The zero-order valence-electron chi connectivity index (χ0n) is 17.3. The zero-order valence-corrected chi connectivity index (χ0v) is 17.3. The molecule has 0 radical (unpaired) electrons. The van der Waals surface area contributed by atoms with Crippen LogP contribution in [-0.4, -0.2) is 27.4 Å². The molecule has 2 aliphatic carbocycles. The first-order chi connectivity index (χ1) is 13.9. The van der Waals surface area contributed by atoms with Crippen LogP contribution in [0.5, 0.6) is 0 Å². The standard InChI is InChI=1S/C25H28N2O2/c1-16-18-11-12-19(13-18)23(16)24(29)27-22(28)14-25(2,3)26(27)15-20-9-6-8-17-7-4-5-10-21(17)20/h4-12,16,18-19,23H,13-15H2,1-3H3/t16?,18-,19+,23-/m0/s1. The normalized spacial score (nSPS) is 30.6. The molecule has 1 unspecified atom stereocenters. The minimum atomic E-state index is -0.389. The molecule has 2 fully saturated rings. The topological polar surface area (TPSA) is 40.6 Å². The maximum Gasteiger partial charge on any atom is 0.247 e. The van der Waals surface area contributed by atoms with E-state index in [-0.39, 0.29) is 29.2 Å². The van der Waals surface area contributed by atoms with Gasteiger partial charge >= 0.3 is 0 Å². The van der Waals surface area contributed by atoms with Crippen LogP contribution in [0.3, 0.4) is 0 Å². The molecular formula is C25H28N2O2. The van der Waals surface area contributed by atoms with E-state index < -0.39 is 0 Å². The van der Waals surface area contributed by atoms with Crippen molar-refractivity contribution >= 4 is 22.6 Å². The Morgan fingerprint density at radius 3 is 2.55 bits per heavy atom. The molecule has 3 aliphatic rings. The average Bonchev–Trinajstić information content (AvgIpc) is 3.34. The highest BCUT2D eigenvalue weighted by atomic mass is 16.2. The molecule has 1 saturated heterocycles. The largest absolute Gasteiger partial charge is 0.273 e. The fraction of sp³-hybridized carbons (Fsp3) is 0.440. The number of rotatable bonds is 3. The number of amides is 2. The van der Waals surface area contributed by atoms with Crippen LogP contribution >= 0.6 is 0 Å².